The third-order valence-corrected chi connectivity index (χ3v) is 4.67. The van der Waals surface area contributed by atoms with Gasteiger partial charge in [-0.2, -0.15) is 11.8 Å². The first-order valence-corrected chi connectivity index (χ1v) is 7.38. The zero-order valence-corrected chi connectivity index (χ0v) is 11.2. The highest BCUT2D eigenvalue weighted by Crippen LogP contribution is 2.31. The van der Waals surface area contributed by atoms with Gasteiger partial charge < -0.3 is 0 Å². The average molecular weight is 298 g/mol. The largest absolute Gasteiger partial charge is 0.240 e. The van der Waals surface area contributed by atoms with E-state index in [2.05, 4.69) is 37.0 Å². The molecular weight excluding hydrogens is 286 g/mol. The molecule has 1 aromatic carbocycles. The molecule has 1 fully saturated rings. The zero-order valence-electron chi connectivity index (χ0n) is 8.77. The Bertz CT molecular complexity index is 505. The van der Waals surface area contributed by atoms with Crippen molar-refractivity contribution in [2.75, 3.05) is 11.5 Å². The quantitative estimate of drug-likeness (QED) is 0.809. The lowest BCUT2D eigenvalue weighted by Gasteiger charge is -2.21. The molecule has 3 rings (SSSR count). The molecule has 1 saturated heterocycles. The molecule has 0 radical (unpaired) electrons. The molecule has 16 heavy (non-hydrogen) atoms. The number of benzene rings is 1. The monoisotopic (exact) mass is 297 g/mol. The third-order valence-electron chi connectivity index (χ3n) is 2.98. The van der Waals surface area contributed by atoms with Gasteiger partial charge in [0, 0.05) is 4.47 Å². The second kappa shape index (κ2) is 4.37. The molecule has 2 heterocycles. The smallest absolute Gasteiger partial charge is 0.114 e. The van der Waals surface area contributed by atoms with Crippen molar-refractivity contribution in [2.45, 2.75) is 18.9 Å². The van der Waals surface area contributed by atoms with Crippen LogP contribution < -0.4 is 0 Å². The molecule has 84 valence electrons. The van der Waals surface area contributed by atoms with E-state index in [4.69, 9.17) is 0 Å². The van der Waals surface area contributed by atoms with Gasteiger partial charge in [0.1, 0.15) is 11.0 Å². The van der Waals surface area contributed by atoms with Gasteiger partial charge in [0.2, 0.25) is 0 Å². The maximum atomic E-state index is 4.31. The van der Waals surface area contributed by atoms with E-state index in [1.54, 1.807) is 0 Å². The summed E-state index contributed by atoms with van der Waals surface area (Å²) in [5.41, 5.74) is 2.12. The number of aromatic nitrogens is 3. The molecule has 0 amide bonds. The second-order valence-electron chi connectivity index (χ2n) is 3.99. The van der Waals surface area contributed by atoms with Gasteiger partial charge in [-0.25, -0.2) is 4.68 Å². The average Bonchev–Trinajstić information content (AvgIpc) is 2.75. The molecule has 3 nitrogen and oxygen atoms in total. The summed E-state index contributed by atoms with van der Waals surface area (Å²) in [6.07, 6.45) is 2.40. The van der Waals surface area contributed by atoms with Crippen LogP contribution in [0.5, 0.6) is 0 Å². The molecule has 0 unspecified atom stereocenters. The predicted molar refractivity (Wildman–Crippen MR) is 70.8 cm³/mol. The fourth-order valence-electron chi connectivity index (χ4n) is 2.14. The first-order chi connectivity index (χ1) is 7.86. The predicted octanol–water partition coefficient (Wildman–Crippen LogP) is 3.26. The van der Waals surface area contributed by atoms with Crippen LogP contribution in [0.2, 0.25) is 0 Å². The summed E-state index contributed by atoms with van der Waals surface area (Å²) < 4.78 is 3.19. The lowest BCUT2D eigenvalue weighted by Crippen LogP contribution is -2.16. The molecule has 0 bridgehead atoms. The maximum Gasteiger partial charge on any atom is 0.114 e. The summed E-state index contributed by atoms with van der Waals surface area (Å²) in [7, 11) is 0. The minimum absolute atomic E-state index is 0.518. The van der Waals surface area contributed by atoms with Crippen molar-refractivity contribution >= 4 is 38.7 Å². The van der Waals surface area contributed by atoms with Crippen LogP contribution in [-0.2, 0) is 0 Å². The van der Waals surface area contributed by atoms with Crippen LogP contribution in [0, 0.1) is 0 Å². The number of thioether (sulfide) groups is 1. The highest BCUT2D eigenvalue weighted by molar-refractivity contribution is 9.10. The van der Waals surface area contributed by atoms with Crippen LogP contribution in [0.15, 0.2) is 22.7 Å². The highest BCUT2D eigenvalue weighted by atomic mass is 79.9. The third kappa shape index (κ3) is 1.76. The van der Waals surface area contributed by atoms with Crippen molar-refractivity contribution in [1.82, 2.24) is 15.0 Å². The Labute approximate surface area is 107 Å². The molecule has 5 heteroatoms. The lowest BCUT2D eigenvalue weighted by molar-refractivity contribution is 0.428. The van der Waals surface area contributed by atoms with Crippen molar-refractivity contribution in [3.05, 3.63) is 22.7 Å². The van der Waals surface area contributed by atoms with E-state index in [0.29, 0.717) is 6.04 Å². The number of halogens is 1. The van der Waals surface area contributed by atoms with Gasteiger partial charge in [-0.3, -0.25) is 0 Å². The normalized spacial score (nSPS) is 18.1. The van der Waals surface area contributed by atoms with Crippen LogP contribution >= 0.6 is 27.7 Å². The molecule has 1 aliphatic rings. The number of hydrogen-bond donors (Lipinski definition) is 0. The summed E-state index contributed by atoms with van der Waals surface area (Å²) in [5.74, 6) is 2.47. The molecule has 0 N–H and O–H groups in total. The van der Waals surface area contributed by atoms with Crippen LogP contribution in [0.4, 0.5) is 0 Å². The van der Waals surface area contributed by atoms with Gasteiger partial charge in [0.05, 0.1) is 6.04 Å². The molecule has 1 aliphatic heterocycles. The summed E-state index contributed by atoms with van der Waals surface area (Å²) in [6.45, 7) is 0. The van der Waals surface area contributed by atoms with Gasteiger partial charge in [-0.05, 0) is 52.4 Å². The molecule has 0 aliphatic carbocycles. The maximum absolute atomic E-state index is 4.31. The molecule has 0 saturated carbocycles. The summed E-state index contributed by atoms with van der Waals surface area (Å²) in [4.78, 5) is 0. The minimum atomic E-state index is 0.518. The Kier molecular flexibility index (Phi) is 2.90. The van der Waals surface area contributed by atoms with Crippen molar-refractivity contribution in [3.8, 4) is 0 Å². The number of rotatable bonds is 1. The first kappa shape index (κ1) is 10.6. The van der Waals surface area contributed by atoms with Crippen molar-refractivity contribution in [2.24, 2.45) is 0 Å². The van der Waals surface area contributed by atoms with Crippen LogP contribution in [-0.4, -0.2) is 26.5 Å². The number of fused-ring (bicyclic) bond motifs is 1. The molecular formula is C11H12BrN3S. The molecule has 2 aromatic rings. The first-order valence-electron chi connectivity index (χ1n) is 5.43. The van der Waals surface area contributed by atoms with Gasteiger partial charge in [-0.15, -0.1) is 5.10 Å². The standard InChI is InChI=1S/C11H12BrN3S/c12-9-2-1-3-10-11(9)15(14-13-10)8-4-6-16-7-5-8/h1-3,8H,4-7H2. The fourth-order valence-corrected chi connectivity index (χ4v) is 3.76. The number of hydrogen-bond acceptors (Lipinski definition) is 3. The number of para-hydroxylation sites is 1. The number of nitrogens with zero attached hydrogens (tertiary/aromatic N) is 3. The van der Waals surface area contributed by atoms with E-state index < -0.39 is 0 Å². The SMILES string of the molecule is Brc1cccc2nnn(C3CCSCC3)c12. The van der Waals surface area contributed by atoms with Crippen LogP contribution in [0.1, 0.15) is 18.9 Å². The van der Waals surface area contributed by atoms with E-state index in [0.717, 1.165) is 15.5 Å². The lowest BCUT2D eigenvalue weighted by atomic mass is 10.1. The molecule has 1 aromatic heterocycles. The highest BCUT2D eigenvalue weighted by Gasteiger charge is 2.19. The summed E-state index contributed by atoms with van der Waals surface area (Å²) in [5, 5.41) is 8.54. The van der Waals surface area contributed by atoms with Crippen molar-refractivity contribution < 1.29 is 0 Å². The van der Waals surface area contributed by atoms with E-state index in [1.807, 2.05) is 23.9 Å². The Hall–Kier alpha value is -0.550. The van der Waals surface area contributed by atoms with Gasteiger partial charge in [-0.1, -0.05) is 11.3 Å². The Morgan fingerprint density at radius 3 is 2.94 bits per heavy atom. The van der Waals surface area contributed by atoms with Crippen molar-refractivity contribution in [3.63, 3.8) is 0 Å². The van der Waals surface area contributed by atoms with E-state index >= 15 is 0 Å². The Morgan fingerprint density at radius 2 is 2.12 bits per heavy atom. The Morgan fingerprint density at radius 1 is 1.31 bits per heavy atom. The molecule has 0 spiro atoms. The van der Waals surface area contributed by atoms with Gasteiger partial charge >= 0.3 is 0 Å². The topological polar surface area (TPSA) is 30.7 Å². The van der Waals surface area contributed by atoms with E-state index in [-0.39, 0.29) is 0 Å². The summed E-state index contributed by atoms with van der Waals surface area (Å²) >= 11 is 5.62. The van der Waals surface area contributed by atoms with Crippen LogP contribution in [0.25, 0.3) is 11.0 Å². The van der Waals surface area contributed by atoms with Crippen molar-refractivity contribution in [1.29, 1.82) is 0 Å². The molecule has 0 atom stereocenters. The van der Waals surface area contributed by atoms with Gasteiger partial charge in [0.15, 0.2) is 0 Å². The second-order valence-corrected chi connectivity index (χ2v) is 6.06. The van der Waals surface area contributed by atoms with Gasteiger partial charge in [0.25, 0.3) is 0 Å². The van der Waals surface area contributed by atoms with E-state index in [1.165, 1.54) is 24.3 Å². The van der Waals surface area contributed by atoms with E-state index in [9.17, 15) is 0 Å². The zero-order chi connectivity index (χ0) is 11.0. The fraction of sp³-hybridized carbons (Fsp3) is 0.455. The Balaban J connectivity index is 2.09. The minimum Gasteiger partial charge on any atom is -0.240 e. The summed E-state index contributed by atoms with van der Waals surface area (Å²) in [6, 6.07) is 6.59. The van der Waals surface area contributed by atoms with Crippen LogP contribution in [0.3, 0.4) is 0 Å².